The Bertz CT molecular complexity index is 949. The van der Waals surface area contributed by atoms with E-state index < -0.39 is 19.9 Å². The number of hydrogen-bond donors (Lipinski definition) is 1. The zero-order valence-electron chi connectivity index (χ0n) is 13.7. The third-order valence-electron chi connectivity index (χ3n) is 3.89. The van der Waals surface area contributed by atoms with Gasteiger partial charge in [-0.15, -0.1) is 23.7 Å². The van der Waals surface area contributed by atoms with Gasteiger partial charge in [0.25, 0.3) is 0 Å². The van der Waals surface area contributed by atoms with Gasteiger partial charge in [0.05, 0.1) is 23.0 Å². The lowest BCUT2D eigenvalue weighted by molar-refractivity contribution is 0.0342. The summed E-state index contributed by atoms with van der Waals surface area (Å²) in [5.74, 6) is 0. The third kappa shape index (κ3) is 4.83. The van der Waals surface area contributed by atoms with E-state index in [1.54, 1.807) is 24.3 Å². The Morgan fingerprint density at radius 3 is 2.19 bits per heavy atom. The molecule has 1 aliphatic rings. The molecule has 0 bridgehead atoms. The van der Waals surface area contributed by atoms with Crippen LogP contribution < -0.4 is 5.14 Å². The average Bonchev–Trinajstić information content (AvgIpc) is 3.07. The Morgan fingerprint density at radius 1 is 1.04 bits per heavy atom. The van der Waals surface area contributed by atoms with Crippen LogP contribution in [0.25, 0.3) is 0 Å². The molecule has 0 radical (unpaired) electrons. The fraction of sp³-hybridized carbons (Fsp3) is 0.333. The molecule has 1 aliphatic heterocycles. The summed E-state index contributed by atoms with van der Waals surface area (Å²) in [6.45, 7) is 3.85. The highest BCUT2D eigenvalue weighted by atomic mass is 35.5. The summed E-state index contributed by atoms with van der Waals surface area (Å²) in [6, 6.07) is 7.72. The van der Waals surface area contributed by atoms with Crippen LogP contribution in [0, 0.1) is 0 Å². The van der Waals surface area contributed by atoms with Crippen LogP contribution in [0.2, 0.25) is 0 Å². The van der Waals surface area contributed by atoms with Crippen molar-refractivity contribution in [1.29, 1.82) is 0 Å². The largest absolute Gasteiger partial charge is 0.379 e. The van der Waals surface area contributed by atoms with Crippen LogP contribution in [0.5, 0.6) is 0 Å². The second-order valence-electron chi connectivity index (χ2n) is 5.68. The maximum absolute atomic E-state index is 12.6. The fourth-order valence-corrected chi connectivity index (χ4v) is 5.83. The van der Waals surface area contributed by atoms with Gasteiger partial charge in [0, 0.05) is 25.0 Å². The predicted octanol–water partition coefficient (Wildman–Crippen LogP) is 1.48. The standard InChI is InChI=1S/C15H18N2O5S3.ClH/c16-25(20,21)15-9-14(11-23-15)24(18,19)13-3-1-12(2-4-13)10-17-5-7-22-8-6-17;/h1-4,9,11H,5-8,10H2,(H2,16,20,21);1H. The van der Waals surface area contributed by atoms with Crippen LogP contribution in [0.3, 0.4) is 0 Å². The molecule has 0 atom stereocenters. The quantitative estimate of drug-likeness (QED) is 0.757. The number of primary sulfonamides is 1. The first-order valence-electron chi connectivity index (χ1n) is 7.52. The number of benzene rings is 1. The Hall–Kier alpha value is -1.01. The Labute approximate surface area is 163 Å². The molecular weight excluding hydrogens is 420 g/mol. The minimum Gasteiger partial charge on any atom is -0.379 e. The highest BCUT2D eigenvalue weighted by Gasteiger charge is 2.22. The molecule has 2 aromatic rings. The van der Waals surface area contributed by atoms with E-state index in [9.17, 15) is 16.8 Å². The van der Waals surface area contributed by atoms with E-state index in [0.29, 0.717) is 13.2 Å². The van der Waals surface area contributed by atoms with Gasteiger partial charge < -0.3 is 4.74 Å². The van der Waals surface area contributed by atoms with Crippen molar-refractivity contribution in [2.45, 2.75) is 20.5 Å². The highest BCUT2D eigenvalue weighted by molar-refractivity contribution is 7.92. The molecular formula is C15H19ClN2O5S3. The van der Waals surface area contributed by atoms with E-state index in [0.717, 1.165) is 42.6 Å². The van der Waals surface area contributed by atoms with Gasteiger partial charge in [-0.25, -0.2) is 22.0 Å². The topological polar surface area (TPSA) is 107 Å². The molecule has 1 aromatic heterocycles. The molecule has 0 saturated carbocycles. The summed E-state index contributed by atoms with van der Waals surface area (Å²) in [5.41, 5.74) is 1.01. The van der Waals surface area contributed by atoms with E-state index in [4.69, 9.17) is 9.88 Å². The van der Waals surface area contributed by atoms with E-state index >= 15 is 0 Å². The number of sulfone groups is 1. The summed E-state index contributed by atoms with van der Waals surface area (Å²) in [7, 11) is -7.68. The van der Waals surface area contributed by atoms with Crippen LogP contribution in [-0.2, 0) is 31.1 Å². The van der Waals surface area contributed by atoms with Gasteiger partial charge in [0.2, 0.25) is 19.9 Å². The number of nitrogens with zero attached hydrogens (tertiary/aromatic N) is 1. The smallest absolute Gasteiger partial charge is 0.247 e. The molecule has 3 rings (SSSR count). The van der Waals surface area contributed by atoms with Crippen molar-refractivity contribution >= 4 is 43.6 Å². The van der Waals surface area contributed by atoms with Crippen LogP contribution in [-0.4, -0.2) is 48.0 Å². The van der Waals surface area contributed by atoms with Crippen LogP contribution in [0.15, 0.2) is 49.7 Å². The molecule has 1 aromatic carbocycles. The van der Waals surface area contributed by atoms with E-state index in [1.807, 2.05) is 0 Å². The van der Waals surface area contributed by atoms with E-state index in [-0.39, 0.29) is 26.4 Å². The summed E-state index contributed by atoms with van der Waals surface area (Å²) in [6.07, 6.45) is 0. The van der Waals surface area contributed by atoms with E-state index in [1.165, 1.54) is 5.38 Å². The Kier molecular flexibility index (Phi) is 6.83. The molecule has 0 unspecified atom stereocenters. The van der Waals surface area contributed by atoms with Crippen LogP contribution in [0.4, 0.5) is 0 Å². The van der Waals surface area contributed by atoms with Crippen molar-refractivity contribution in [2.24, 2.45) is 5.14 Å². The maximum atomic E-state index is 12.6. The molecule has 2 N–H and O–H groups in total. The minimum atomic E-state index is -3.91. The van der Waals surface area contributed by atoms with Gasteiger partial charge in [-0.1, -0.05) is 12.1 Å². The minimum absolute atomic E-state index is 0. The third-order valence-corrected chi connectivity index (χ3v) is 8.17. The number of thiophene rings is 1. The molecule has 144 valence electrons. The number of morpholine rings is 1. The summed E-state index contributed by atoms with van der Waals surface area (Å²) < 4.78 is 53.0. The summed E-state index contributed by atoms with van der Waals surface area (Å²) in [5, 5.41) is 6.32. The van der Waals surface area contributed by atoms with Crippen molar-refractivity contribution in [3.8, 4) is 0 Å². The second kappa shape index (κ2) is 8.34. The monoisotopic (exact) mass is 438 g/mol. The van der Waals surface area contributed by atoms with Gasteiger partial charge >= 0.3 is 0 Å². The molecule has 2 heterocycles. The summed E-state index contributed by atoms with van der Waals surface area (Å²) >= 11 is 0.794. The first kappa shape index (κ1) is 21.3. The predicted molar refractivity (Wildman–Crippen MR) is 101 cm³/mol. The van der Waals surface area contributed by atoms with Crippen molar-refractivity contribution in [1.82, 2.24) is 4.90 Å². The number of hydrogen-bond acceptors (Lipinski definition) is 7. The van der Waals surface area contributed by atoms with Crippen molar-refractivity contribution in [2.75, 3.05) is 26.3 Å². The highest BCUT2D eigenvalue weighted by Crippen LogP contribution is 2.28. The zero-order valence-corrected chi connectivity index (χ0v) is 17.0. The number of halogens is 1. The molecule has 0 aliphatic carbocycles. The van der Waals surface area contributed by atoms with Crippen LogP contribution >= 0.6 is 23.7 Å². The van der Waals surface area contributed by atoms with Gasteiger partial charge in [-0.05, 0) is 23.8 Å². The normalized spacial score (nSPS) is 16.2. The number of sulfonamides is 1. The maximum Gasteiger partial charge on any atom is 0.247 e. The fourth-order valence-electron chi connectivity index (χ4n) is 2.52. The van der Waals surface area contributed by atoms with Crippen molar-refractivity contribution in [3.63, 3.8) is 0 Å². The average molecular weight is 439 g/mol. The van der Waals surface area contributed by atoms with Gasteiger partial charge in [0.15, 0.2) is 0 Å². The lowest BCUT2D eigenvalue weighted by atomic mass is 10.2. The van der Waals surface area contributed by atoms with Crippen LogP contribution in [0.1, 0.15) is 5.56 Å². The van der Waals surface area contributed by atoms with Gasteiger partial charge in [-0.3, -0.25) is 4.90 Å². The summed E-state index contributed by atoms with van der Waals surface area (Å²) in [4.78, 5) is 2.30. The molecule has 7 nitrogen and oxygen atoms in total. The number of nitrogens with two attached hydrogens (primary N) is 1. The van der Waals surface area contributed by atoms with Gasteiger partial charge in [0.1, 0.15) is 4.21 Å². The molecule has 0 amide bonds. The lowest BCUT2D eigenvalue weighted by Crippen LogP contribution is -2.35. The van der Waals surface area contributed by atoms with Crippen molar-refractivity contribution < 1.29 is 21.6 Å². The Morgan fingerprint density at radius 2 is 1.65 bits per heavy atom. The second-order valence-corrected chi connectivity index (χ2v) is 10.3. The first-order valence-corrected chi connectivity index (χ1v) is 11.4. The first-order chi connectivity index (χ1) is 11.8. The molecule has 1 fully saturated rings. The number of ether oxygens (including phenoxy) is 1. The SMILES string of the molecule is Cl.NS(=O)(=O)c1cc(S(=O)(=O)c2ccc(CN3CCOCC3)cc2)cs1. The number of rotatable bonds is 5. The molecule has 1 saturated heterocycles. The zero-order chi connectivity index (χ0) is 18.1. The van der Waals surface area contributed by atoms with Gasteiger partial charge in [-0.2, -0.15) is 0 Å². The lowest BCUT2D eigenvalue weighted by Gasteiger charge is -2.26. The Balaban J connectivity index is 0.00000243. The van der Waals surface area contributed by atoms with E-state index in [2.05, 4.69) is 4.90 Å². The molecule has 11 heteroatoms. The van der Waals surface area contributed by atoms with Crippen molar-refractivity contribution in [3.05, 3.63) is 41.3 Å². The molecule has 0 spiro atoms. The molecule has 26 heavy (non-hydrogen) atoms.